The molecule has 1 saturated heterocycles. The summed E-state index contributed by atoms with van der Waals surface area (Å²) in [5, 5.41) is 0. The van der Waals surface area contributed by atoms with Crippen molar-refractivity contribution in [3.05, 3.63) is 0 Å². The predicted octanol–water partition coefficient (Wildman–Crippen LogP) is 3.07. The normalized spacial score (nSPS) is 27.9. The van der Waals surface area contributed by atoms with Crippen molar-refractivity contribution in [3.8, 4) is 0 Å². The zero-order valence-corrected chi connectivity index (χ0v) is 11.1. The lowest BCUT2D eigenvalue weighted by Crippen LogP contribution is -2.44. The van der Waals surface area contributed by atoms with E-state index in [-0.39, 0.29) is 5.41 Å². The molecule has 2 nitrogen and oxygen atoms in total. The number of rotatable bonds is 3. The fourth-order valence-electron chi connectivity index (χ4n) is 3.20. The van der Waals surface area contributed by atoms with E-state index >= 15 is 0 Å². The Labute approximate surface area is 99.4 Å². The summed E-state index contributed by atoms with van der Waals surface area (Å²) in [5.41, 5.74) is 0.0253. The van der Waals surface area contributed by atoms with Gasteiger partial charge in [0.25, 0.3) is 0 Å². The van der Waals surface area contributed by atoms with E-state index in [0.29, 0.717) is 23.8 Å². The van der Waals surface area contributed by atoms with Crippen LogP contribution in [0.1, 0.15) is 53.4 Å². The van der Waals surface area contributed by atoms with Gasteiger partial charge in [-0.2, -0.15) is 0 Å². The number of amides is 1. The molecule has 16 heavy (non-hydrogen) atoms. The molecule has 2 rings (SSSR count). The minimum Gasteiger partial charge on any atom is -0.339 e. The summed E-state index contributed by atoms with van der Waals surface area (Å²) in [5.74, 6) is 1.57. The van der Waals surface area contributed by atoms with Gasteiger partial charge in [-0.3, -0.25) is 4.79 Å². The Bertz CT molecular complexity index is 278. The van der Waals surface area contributed by atoms with Crippen LogP contribution >= 0.6 is 0 Å². The number of likely N-dealkylation sites (tertiary alicyclic amines) is 1. The molecule has 1 atom stereocenters. The summed E-state index contributed by atoms with van der Waals surface area (Å²) in [7, 11) is 0. The number of carbonyl (C=O) groups is 1. The topological polar surface area (TPSA) is 20.3 Å². The standard InChI is InChI=1S/C14H25NO/c1-10(2)12-6-5-9-15(12)13(16)14(7-8-14)11(3)4/h10-12H,5-9H2,1-4H3. The Morgan fingerprint density at radius 1 is 1.25 bits per heavy atom. The van der Waals surface area contributed by atoms with Crippen molar-refractivity contribution >= 4 is 5.91 Å². The van der Waals surface area contributed by atoms with E-state index in [9.17, 15) is 4.79 Å². The second-order valence-corrected chi connectivity index (χ2v) is 6.26. The van der Waals surface area contributed by atoms with E-state index in [2.05, 4.69) is 32.6 Å². The summed E-state index contributed by atoms with van der Waals surface area (Å²) >= 11 is 0. The van der Waals surface area contributed by atoms with E-state index in [1.807, 2.05) is 0 Å². The molecule has 1 amide bonds. The highest BCUT2D eigenvalue weighted by molar-refractivity contribution is 5.86. The van der Waals surface area contributed by atoms with Crippen LogP contribution in [-0.4, -0.2) is 23.4 Å². The largest absolute Gasteiger partial charge is 0.339 e. The van der Waals surface area contributed by atoms with Crippen molar-refractivity contribution in [2.75, 3.05) is 6.54 Å². The smallest absolute Gasteiger partial charge is 0.229 e. The number of hydrogen-bond acceptors (Lipinski definition) is 1. The SMILES string of the molecule is CC(C)C1CCCN1C(=O)C1(C(C)C)CC1. The molecule has 2 aliphatic rings. The molecule has 2 fully saturated rings. The zero-order valence-electron chi connectivity index (χ0n) is 11.1. The van der Waals surface area contributed by atoms with Crippen molar-refractivity contribution < 1.29 is 4.79 Å². The van der Waals surface area contributed by atoms with Crippen molar-refractivity contribution in [2.45, 2.75) is 59.4 Å². The molecular formula is C14H25NO. The predicted molar refractivity (Wildman–Crippen MR) is 66.1 cm³/mol. The fourth-order valence-corrected chi connectivity index (χ4v) is 3.20. The number of nitrogens with zero attached hydrogens (tertiary/aromatic N) is 1. The van der Waals surface area contributed by atoms with Gasteiger partial charge in [-0.25, -0.2) is 0 Å². The average molecular weight is 223 g/mol. The lowest BCUT2D eigenvalue weighted by molar-refractivity contribution is -0.140. The van der Waals surface area contributed by atoms with E-state index in [1.165, 1.54) is 12.8 Å². The van der Waals surface area contributed by atoms with Crippen LogP contribution < -0.4 is 0 Å². The molecule has 1 aliphatic carbocycles. The van der Waals surface area contributed by atoms with Gasteiger partial charge < -0.3 is 4.90 Å². The minimum atomic E-state index is 0.0253. The Kier molecular flexibility index (Phi) is 3.02. The maximum Gasteiger partial charge on any atom is 0.229 e. The van der Waals surface area contributed by atoms with E-state index in [4.69, 9.17) is 0 Å². The highest BCUT2D eigenvalue weighted by Gasteiger charge is 2.55. The van der Waals surface area contributed by atoms with Gasteiger partial charge in [-0.05, 0) is 37.5 Å². The summed E-state index contributed by atoms with van der Waals surface area (Å²) in [6, 6.07) is 0.503. The Morgan fingerprint density at radius 3 is 2.31 bits per heavy atom. The summed E-state index contributed by atoms with van der Waals surface area (Å²) < 4.78 is 0. The third-order valence-electron chi connectivity index (χ3n) is 4.65. The maximum absolute atomic E-state index is 12.6. The average Bonchev–Trinajstić information content (AvgIpc) is 2.88. The monoisotopic (exact) mass is 223 g/mol. The molecule has 0 aromatic rings. The second kappa shape index (κ2) is 4.05. The molecule has 0 aromatic heterocycles. The lowest BCUT2D eigenvalue weighted by atomic mass is 9.90. The first-order valence-corrected chi connectivity index (χ1v) is 6.80. The van der Waals surface area contributed by atoms with Crippen LogP contribution in [0.4, 0.5) is 0 Å². The summed E-state index contributed by atoms with van der Waals surface area (Å²) in [6.45, 7) is 9.88. The van der Waals surface area contributed by atoms with Crippen LogP contribution in [0, 0.1) is 17.3 Å². The second-order valence-electron chi connectivity index (χ2n) is 6.26. The van der Waals surface area contributed by atoms with E-state index < -0.39 is 0 Å². The first kappa shape index (κ1) is 11.9. The van der Waals surface area contributed by atoms with Gasteiger partial charge >= 0.3 is 0 Å². The molecule has 0 aromatic carbocycles. The molecule has 2 heteroatoms. The van der Waals surface area contributed by atoms with Crippen molar-refractivity contribution in [2.24, 2.45) is 17.3 Å². The van der Waals surface area contributed by atoms with Gasteiger partial charge in [0.1, 0.15) is 0 Å². The molecule has 1 saturated carbocycles. The van der Waals surface area contributed by atoms with Crippen molar-refractivity contribution in [1.29, 1.82) is 0 Å². The van der Waals surface area contributed by atoms with Gasteiger partial charge in [0.15, 0.2) is 0 Å². The van der Waals surface area contributed by atoms with Crippen LogP contribution in [0.5, 0.6) is 0 Å². The molecule has 0 bridgehead atoms. The third-order valence-corrected chi connectivity index (χ3v) is 4.65. The highest BCUT2D eigenvalue weighted by atomic mass is 16.2. The van der Waals surface area contributed by atoms with E-state index in [1.54, 1.807) is 0 Å². The fraction of sp³-hybridized carbons (Fsp3) is 0.929. The summed E-state index contributed by atoms with van der Waals surface area (Å²) in [6.07, 6.45) is 4.63. The summed E-state index contributed by atoms with van der Waals surface area (Å²) in [4.78, 5) is 14.8. The first-order valence-electron chi connectivity index (χ1n) is 6.80. The van der Waals surface area contributed by atoms with Crippen LogP contribution in [0.3, 0.4) is 0 Å². The number of carbonyl (C=O) groups excluding carboxylic acids is 1. The molecule has 0 radical (unpaired) electrons. The number of hydrogen-bond donors (Lipinski definition) is 0. The Morgan fingerprint density at radius 2 is 1.88 bits per heavy atom. The van der Waals surface area contributed by atoms with Crippen LogP contribution in [0.15, 0.2) is 0 Å². The Hall–Kier alpha value is -0.530. The van der Waals surface area contributed by atoms with Crippen LogP contribution in [-0.2, 0) is 4.79 Å². The first-order chi connectivity index (χ1) is 7.49. The van der Waals surface area contributed by atoms with Gasteiger partial charge in [0, 0.05) is 12.6 Å². The molecule has 92 valence electrons. The van der Waals surface area contributed by atoms with Gasteiger partial charge in [0.05, 0.1) is 5.41 Å². The molecule has 0 N–H and O–H groups in total. The van der Waals surface area contributed by atoms with Crippen LogP contribution in [0.2, 0.25) is 0 Å². The quantitative estimate of drug-likeness (QED) is 0.720. The van der Waals surface area contributed by atoms with Gasteiger partial charge in [-0.1, -0.05) is 27.7 Å². The Balaban J connectivity index is 2.10. The lowest BCUT2D eigenvalue weighted by Gasteiger charge is -2.32. The van der Waals surface area contributed by atoms with E-state index in [0.717, 1.165) is 19.4 Å². The van der Waals surface area contributed by atoms with Crippen LogP contribution in [0.25, 0.3) is 0 Å². The van der Waals surface area contributed by atoms with Crippen molar-refractivity contribution in [3.63, 3.8) is 0 Å². The molecule has 1 heterocycles. The maximum atomic E-state index is 12.6. The van der Waals surface area contributed by atoms with Crippen molar-refractivity contribution in [1.82, 2.24) is 4.90 Å². The highest BCUT2D eigenvalue weighted by Crippen LogP contribution is 2.54. The molecular weight excluding hydrogens is 198 g/mol. The minimum absolute atomic E-state index is 0.0253. The zero-order chi connectivity index (χ0) is 11.9. The van der Waals surface area contributed by atoms with Gasteiger partial charge in [0.2, 0.25) is 5.91 Å². The van der Waals surface area contributed by atoms with Gasteiger partial charge in [-0.15, -0.1) is 0 Å². The third kappa shape index (κ3) is 1.76. The molecule has 1 aliphatic heterocycles. The molecule has 1 unspecified atom stereocenters. The molecule has 0 spiro atoms.